The van der Waals surface area contributed by atoms with Crippen LogP contribution >= 0.6 is 0 Å². The van der Waals surface area contributed by atoms with Crippen LogP contribution in [0.5, 0.6) is 0 Å². The highest BCUT2D eigenvalue weighted by Crippen LogP contribution is 2.34. The zero-order chi connectivity index (χ0) is 22.4. The number of aryl methyl sites for hydroxylation is 4. The number of nitrogens with zero attached hydrogens (tertiary/aromatic N) is 3. The molecule has 1 atom stereocenters. The van der Waals surface area contributed by atoms with E-state index >= 15 is 0 Å². The molecule has 3 aromatic carbocycles. The Balaban J connectivity index is 1.55. The fraction of sp³-hybridized carbons (Fsp3) is 0.286. The van der Waals surface area contributed by atoms with E-state index in [0.29, 0.717) is 13.0 Å². The number of imidazole rings is 1. The van der Waals surface area contributed by atoms with E-state index in [1.54, 1.807) is 0 Å². The molecule has 4 nitrogen and oxygen atoms in total. The molecule has 1 amide bonds. The van der Waals surface area contributed by atoms with E-state index in [1.807, 2.05) is 11.0 Å². The molecule has 4 heteroatoms. The molecule has 0 spiro atoms. The van der Waals surface area contributed by atoms with Crippen molar-refractivity contribution in [1.29, 1.82) is 0 Å². The Labute approximate surface area is 189 Å². The lowest BCUT2D eigenvalue weighted by atomic mass is 10.0. The molecule has 0 aliphatic carbocycles. The van der Waals surface area contributed by atoms with Gasteiger partial charge in [0, 0.05) is 31.1 Å². The van der Waals surface area contributed by atoms with E-state index < -0.39 is 0 Å². The quantitative estimate of drug-likeness (QED) is 0.414. The highest BCUT2D eigenvalue weighted by atomic mass is 16.2. The van der Waals surface area contributed by atoms with Crippen molar-refractivity contribution < 1.29 is 4.79 Å². The van der Waals surface area contributed by atoms with Gasteiger partial charge in [0.25, 0.3) is 0 Å². The molecule has 32 heavy (non-hydrogen) atoms. The Bertz CT molecular complexity index is 1310. The first-order valence-electron chi connectivity index (χ1n) is 11.3. The zero-order valence-electron chi connectivity index (χ0n) is 19.2. The van der Waals surface area contributed by atoms with Crippen LogP contribution in [0.15, 0.2) is 60.7 Å². The maximum absolute atomic E-state index is 13.1. The van der Waals surface area contributed by atoms with Crippen LogP contribution in [-0.2, 0) is 11.3 Å². The Morgan fingerprint density at radius 1 is 0.906 bits per heavy atom. The van der Waals surface area contributed by atoms with Gasteiger partial charge in [-0.15, -0.1) is 0 Å². The number of para-hydroxylation sites is 2. The van der Waals surface area contributed by atoms with Gasteiger partial charge in [-0.3, -0.25) is 4.79 Å². The van der Waals surface area contributed by atoms with Gasteiger partial charge in [0.1, 0.15) is 5.82 Å². The zero-order valence-corrected chi connectivity index (χ0v) is 19.2. The van der Waals surface area contributed by atoms with Crippen LogP contribution in [0.25, 0.3) is 11.0 Å². The average molecular weight is 424 g/mol. The largest absolute Gasteiger partial charge is 0.323 e. The van der Waals surface area contributed by atoms with Gasteiger partial charge in [-0.05, 0) is 74.2 Å². The molecule has 5 rings (SSSR count). The van der Waals surface area contributed by atoms with Crippen LogP contribution in [0.3, 0.4) is 0 Å². The lowest BCUT2D eigenvalue weighted by molar-refractivity contribution is -0.117. The first kappa shape index (κ1) is 20.5. The van der Waals surface area contributed by atoms with Gasteiger partial charge in [0.05, 0.1) is 11.0 Å². The predicted octanol–water partition coefficient (Wildman–Crippen LogP) is 5.84. The molecule has 0 saturated carbocycles. The Kier molecular flexibility index (Phi) is 5.09. The topological polar surface area (TPSA) is 38.1 Å². The van der Waals surface area contributed by atoms with Crippen molar-refractivity contribution in [3.05, 3.63) is 94.3 Å². The number of amides is 1. The normalized spacial score (nSPS) is 16.3. The number of anilines is 1. The summed E-state index contributed by atoms with van der Waals surface area (Å²) in [5.41, 5.74) is 9.30. The summed E-state index contributed by atoms with van der Waals surface area (Å²) in [4.78, 5) is 20.0. The minimum absolute atomic E-state index is 0.0702. The Hall–Kier alpha value is -3.40. The maximum Gasteiger partial charge on any atom is 0.227 e. The van der Waals surface area contributed by atoms with Crippen LogP contribution in [0.2, 0.25) is 0 Å². The van der Waals surface area contributed by atoms with Crippen LogP contribution in [0.1, 0.15) is 46.0 Å². The van der Waals surface area contributed by atoms with Gasteiger partial charge in [0.2, 0.25) is 5.91 Å². The molecular formula is C28H29N3O. The van der Waals surface area contributed by atoms with E-state index in [2.05, 4.69) is 86.9 Å². The summed E-state index contributed by atoms with van der Waals surface area (Å²) in [6.45, 7) is 9.88. The van der Waals surface area contributed by atoms with E-state index in [-0.39, 0.29) is 11.8 Å². The van der Waals surface area contributed by atoms with Crippen molar-refractivity contribution in [1.82, 2.24) is 9.55 Å². The molecular weight excluding hydrogens is 394 g/mol. The van der Waals surface area contributed by atoms with E-state index in [9.17, 15) is 4.79 Å². The lowest BCUT2D eigenvalue weighted by Gasteiger charge is -2.19. The van der Waals surface area contributed by atoms with Crippen molar-refractivity contribution >= 4 is 22.6 Å². The summed E-state index contributed by atoms with van der Waals surface area (Å²) >= 11 is 0. The standard InChI is InChI=1S/C28H29N3O/c1-18-9-10-21(4)22(12-18)16-31-26-8-6-5-7-25(26)29-28(31)23-15-27(32)30(17-23)24-13-19(2)11-20(3)14-24/h5-14,23H,15-17H2,1-4H3/t23-/m1/s1. The highest BCUT2D eigenvalue weighted by Gasteiger charge is 2.35. The molecule has 1 saturated heterocycles. The third kappa shape index (κ3) is 3.70. The second-order valence-electron chi connectivity index (χ2n) is 9.23. The summed E-state index contributed by atoms with van der Waals surface area (Å²) in [6.07, 6.45) is 0.489. The number of carbonyl (C=O) groups is 1. The van der Waals surface area contributed by atoms with Gasteiger partial charge < -0.3 is 9.47 Å². The number of hydrogen-bond acceptors (Lipinski definition) is 2. The summed E-state index contributed by atoms with van der Waals surface area (Å²) in [5.74, 6) is 1.25. The number of fused-ring (bicyclic) bond motifs is 1. The van der Waals surface area contributed by atoms with E-state index in [0.717, 1.165) is 29.1 Å². The molecule has 4 aromatic rings. The van der Waals surface area contributed by atoms with Crippen LogP contribution in [-0.4, -0.2) is 22.0 Å². The van der Waals surface area contributed by atoms with Crippen LogP contribution in [0, 0.1) is 27.7 Å². The third-order valence-electron chi connectivity index (χ3n) is 6.53. The second kappa shape index (κ2) is 7.94. The number of aromatic nitrogens is 2. The van der Waals surface area contributed by atoms with Gasteiger partial charge in [-0.25, -0.2) is 4.98 Å². The SMILES string of the molecule is Cc1cc(C)cc(N2C[C@H](c3nc4ccccc4n3Cc3cc(C)ccc3C)CC2=O)c1. The number of benzene rings is 3. The highest BCUT2D eigenvalue weighted by molar-refractivity contribution is 5.96. The predicted molar refractivity (Wildman–Crippen MR) is 130 cm³/mol. The molecule has 162 valence electrons. The van der Waals surface area contributed by atoms with Crippen molar-refractivity contribution in [3.63, 3.8) is 0 Å². The minimum Gasteiger partial charge on any atom is -0.323 e. The van der Waals surface area contributed by atoms with Crippen molar-refractivity contribution in [2.45, 2.75) is 46.6 Å². The molecule has 0 N–H and O–H groups in total. The van der Waals surface area contributed by atoms with E-state index in [4.69, 9.17) is 4.98 Å². The number of hydrogen-bond donors (Lipinski definition) is 0. The first-order valence-corrected chi connectivity index (χ1v) is 11.3. The van der Waals surface area contributed by atoms with Crippen LogP contribution in [0.4, 0.5) is 5.69 Å². The molecule has 1 aliphatic heterocycles. The number of carbonyl (C=O) groups excluding carboxylic acids is 1. The third-order valence-corrected chi connectivity index (χ3v) is 6.53. The maximum atomic E-state index is 13.1. The fourth-order valence-corrected chi connectivity index (χ4v) is 4.95. The lowest BCUT2D eigenvalue weighted by Crippen LogP contribution is -2.24. The minimum atomic E-state index is 0.0702. The van der Waals surface area contributed by atoms with Crippen molar-refractivity contribution in [2.24, 2.45) is 0 Å². The fourth-order valence-electron chi connectivity index (χ4n) is 4.95. The summed E-state index contributed by atoms with van der Waals surface area (Å²) in [5, 5.41) is 0. The average Bonchev–Trinajstić information content (AvgIpc) is 3.31. The summed E-state index contributed by atoms with van der Waals surface area (Å²) in [7, 11) is 0. The molecule has 1 aromatic heterocycles. The molecule has 1 aliphatic rings. The first-order chi connectivity index (χ1) is 15.4. The Morgan fingerprint density at radius 2 is 1.66 bits per heavy atom. The molecule has 0 radical (unpaired) electrons. The molecule has 2 heterocycles. The van der Waals surface area contributed by atoms with Crippen LogP contribution < -0.4 is 4.90 Å². The second-order valence-corrected chi connectivity index (χ2v) is 9.23. The summed E-state index contributed by atoms with van der Waals surface area (Å²) < 4.78 is 2.32. The van der Waals surface area contributed by atoms with Gasteiger partial charge in [0.15, 0.2) is 0 Å². The van der Waals surface area contributed by atoms with Crippen molar-refractivity contribution in [3.8, 4) is 0 Å². The van der Waals surface area contributed by atoms with Crippen molar-refractivity contribution in [2.75, 3.05) is 11.4 Å². The van der Waals surface area contributed by atoms with Gasteiger partial charge in [-0.2, -0.15) is 0 Å². The summed E-state index contributed by atoms with van der Waals surface area (Å²) in [6, 6.07) is 21.2. The Morgan fingerprint density at radius 3 is 2.44 bits per heavy atom. The smallest absolute Gasteiger partial charge is 0.227 e. The van der Waals surface area contributed by atoms with Gasteiger partial charge in [-0.1, -0.05) is 42.0 Å². The molecule has 0 unspecified atom stereocenters. The number of rotatable bonds is 4. The van der Waals surface area contributed by atoms with E-state index in [1.165, 1.54) is 27.8 Å². The van der Waals surface area contributed by atoms with Gasteiger partial charge >= 0.3 is 0 Å². The molecule has 0 bridgehead atoms. The molecule has 1 fully saturated rings. The monoisotopic (exact) mass is 423 g/mol.